The van der Waals surface area contributed by atoms with Crippen LogP contribution in [0.4, 0.5) is 5.69 Å². The molecule has 1 aliphatic heterocycles. The molecule has 2 rings (SSSR count). The van der Waals surface area contributed by atoms with Crippen LogP contribution in [0.15, 0.2) is 18.2 Å². The predicted octanol–water partition coefficient (Wildman–Crippen LogP) is 3.08. The summed E-state index contributed by atoms with van der Waals surface area (Å²) in [5.41, 5.74) is 5.23. The Bertz CT molecular complexity index is 471. The van der Waals surface area contributed by atoms with E-state index in [2.05, 4.69) is 17.2 Å². The molecule has 1 atom stereocenters. The van der Waals surface area contributed by atoms with E-state index in [1.54, 1.807) is 0 Å². The van der Waals surface area contributed by atoms with Gasteiger partial charge in [0.1, 0.15) is 0 Å². The number of carbonyl (C=O) groups is 1. The quantitative estimate of drug-likeness (QED) is 0.656. The number of nitrogen functional groups attached to an aromatic ring is 1. The Balaban J connectivity index is 2.20. The van der Waals surface area contributed by atoms with E-state index in [0.717, 1.165) is 49.0 Å². The summed E-state index contributed by atoms with van der Waals surface area (Å²) in [6.45, 7) is 5.04. The summed E-state index contributed by atoms with van der Waals surface area (Å²) in [4.78, 5) is 14.9. The van der Waals surface area contributed by atoms with Crippen LogP contribution in [0, 0.1) is 6.92 Å². The molecule has 4 heteroatoms. The van der Waals surface area contributed by atoms with E-state index < -0.39 is 0 Å². The van der Waals surface area contributed by atoms with Crippen molar-refractivity contribution in [1.82, 2.24) is 4.90 Å². The SMILES string of the molecule is CCCC1CCCCN1C(=O)c1ccc(NN)cc1C. The van der Waals surface area contributed by atoms with Crippen LogP contribution in [-0.2, 0) is 0 Å². The van der Waals surface area contributed by atoms with E-state index in [-0.39, 0.29) is 5.91 Å². The van der Waals surface area contributed by atoms with Crippen molar-refractivity contribution in [3.63, 3.8) is 0 Å². The van der Waals surface area contributed by atoms with Crippen LogP contribution in [0.25, 0.3) is 0 Å². The van der Waals surface area contributed by atoms with Gasteiger partial charge in [-0.3, -0.25) is 10.6 Å². The minimum atomic E-state index is 0.171. The molecule has 0 radical (unpaired) electrons. The first-order chi connectivity index (χ1) is 9.67. The Morgan fingerprint density at radius 1 is 1.45 bits per heavy atom. The predicted molar refractivity (Wildman–Crippen MR) is 82.6 cm³/mol. The molecule has 1 aromatic carbocycles. The minimum Gasteiger partial charge on any atom is -0.336 e. The minimum absolute atomic E-state index is 0.171. The van der Waals surface area contributed by atoms with Crippen molar-refractivity contribution in [2.75, 3.05) is 12.0 Å². The lowest BCUT2D eigenvalue weighted by atomic mass is 9.96. The zero-order valence-corrected chi connectivity index (χ0v) is 12.5. The van der Waals surface area contributed by atoms with Crippen molar-refractivity contribution in [1.29, 1.82) is 0 Å². The van der Waals surface area contributed by atoms with Crippen LogP contribution in [0.1, 0.15) is 54.9 Å². The summed E-state index contributed by atoms with van der Waals surface area (Å²) in [5.74, 6) is 5.57. The summed E-state index contributed by atoms with van der Waals surface area (Å²) in [5, 5.41) is 0. The number of nitrogens with one attached hydrogen (secondary N) is 1. The molecule has 1 aliphatic rings. The number of hydrogen-bond acceptors (Lipinski definition) is 3. The third-order valence-electron chi connectivity index (χ3n) is 4.13. The van der Waals surface area contributed by atoms with Gasteiger partial charge < -0.3 is 10.3 Å². The lowest BCUT2D eigenvalue weighted by Crippen LogP contribution is -2.43. The summed E-state index contributed by atoms with van der Waals surface area (Å²) in [7, 11) is 0. The Labute approximate surface area is 121 Å². The van der Waals surface area contributed by atoms with Crippen LogP contribution >= 0.6 is 0 Å². The van der Waals surface area contributed by atoms with Gasteiger partial charge in [-0.1, -0.05) is 13.3 Å². The lowest BCUT2D eigenvalue weighted by Gasteiger charge is -2.36. The van der Waals surface area contributed by atoms with Gasteiger partial charge in [0.15, 0.2) is 0 Å². The number of anilines is 1. The fourth-order valence-corrected chi connectivity index (χ4v) is 3.05. The zero-order chi connectivity index (χ0) is 14.5. The number of nitrogens with zero attached hydrogens (tertiary/aromatic N) is 1. The molecule has 1 heterocycles. The first kappa shape index (κ1) is 14.9. The maximum atomic E-state index is 12.8. The Morgan fingerprint density at radius 3 is 2.90 bits per heavy atom. The molecule has 110 valence electrons. The van der Waals surface area contributed by atoms with Crippen molar-refractivity contribution in [2.45, 2.75) is 52.0 Å². The number of rotatable bonds is 4. The van der Waals surface area contributed by atoms with Crippen LogP contribution in [0.2, 0.25) is 0 Å². The molecule has 20 heavy (non-hydrogen) atoms. The summed E-state index contributed by atoms with van der Waals surface area (Å²) in [6, 6.07) is 6.07. The maximum Gasteiger partial charge on any atom is 0.254 e. The number of likely N-dealkylation sites (tertiary alicyclic amines) is 1. The zero-order valence-electron chi connectivity index (χ0n) is 12.5. The van der Waals surface area contributed by atoms with E-state index >= 15 is 0 Å². The van der Waals surface area contributed by atoms with E-state index in [1.165, 1.54) is 6.42 Å². The van der Waals surface area contributed by atoms with Gasteiger partial charge >= 0.3 is 0 Å². The summed E-state index contributed by atoms with van der Waals surface area (Å²) < 4.78 is 0. The van der Waals surface area contributed by atoms with E-state index in [1.807, 2.05) is 25.1 Å². The first-order valence-corrected chi connectivity index (χ1v) is 7.55. The van der Waals surface area contributed by atoms with Crippen LogP contribution < -0.4 is 11.3 Å². The number of aryl methyl sites for hydroxylation is 1. The fraction of sp³-hybridized carbons (Fsp3) is 0.562. The van der Waals surface area contributed by atoms with Gasteiger partial charge in [0.05, 0.1) is 0 Å². The van der Waals surface area contributed by atoms with E-state index in [4.69, 9.17) is 5.84 Å². The highest BCUT2D eigenvalue weighted by Gasteiger charge is 2.27. The third-order valence-corrected chi connectivity index (χ3v) is 4.13. The molecule has 0 spiro atoms. The molecule has 0 saturated carbocycles. The van der Waals surface area contributed by atoms with Crippen molar-refractivity contribution < 1.29 is 4.79 Å². The van der Waals surface area contributed by atoms with Gasteiger partial charge in [0.2, 0.25) is 0 Å². The highest BCUT2D eigenvalue weighted by atomic mass is 16.2. The number of hydrazine groups is 1. The molecule has 1 fully saturated rings. The lowest BCUT2D eigenvalue weighted by molar-refractivity contribution is 0.0600. The number of piperidine rings is 1. The first-order valence-electron chi connectivity index (χ1n) is 7.55. The highest BCUT2D eigenvalue weighted by molar-refractivity contribution is 5.96. The molecule has 1 unspecified atom stereocenters. The molecular weight excluding hydrogens is 250 g/mol. The largest absolute Gasteiger partial charge is 0.336 e. The number of nitrogens with two attached hydrogens (primary N) is 1. The van der Waals surface area contributed by atoms with Crippen molar-refractivity contribution in [2.24, 2.45) is 5.84 Å². The molecule has 0 aromatic heterocycles. The van der Waals surface area contributed by atoms with Crippen LogP contribution in [0.5, 0.6) is 0 Å². The summed E-state index contributed by atoms with van der Waals surface area (Å²) in [6.07, 6.45) is 5.73. The fourth-order valence-electron chi connectivity index (χ4n) is 3.05. The Kier molecular flexibility index (Phi) is 5.01. The van der Waals surface area contributed by atoms with Gasteiger partial charge in [-0.05, 0) is 56.4 Å². The van der Waals surface area contributed by atoms with Crippen LogP contribution in [-0.4, -0.2) is 23.4 Å². The third kappa shape index (κ3) is 3.12. The highest BCUT2D eigenvalue weighted by Crippen LogP contribution is 2.24. The average Bonchev–Trinajstić information content (AvgIpc) is 2.47. The Morgan fingerprint density at radius 2 is 2.25 bits per heavy atom. The molecule has 4 nitrogen and oxygen atoms in total. The number of benzene rings is 1. The molecule has 0 aliphatic carbocycles. The standard InChI is InChI=1S/C16H25N3O/c1-3-6-14-7-4-5-10-19(14)16(20)15-9-8-13(18-17)11-12(15)2/h8-9,11,14,18H,3-7,10,17H2,1-2H3. The molecule has 1 saturated heterocycles. The van der Waals surface area contributed by atoms with Gasteiger partial charge in [0, 0.05) is 23.8 Å². The normalized spacial score (nSPS) is 18.9. The number of amides is 1. The van der Waals surface area contributed by atoms with E-state index in [0.29, 0.717) is 6.04 Å². The Hall–Kier alpha value is -1.55. The maximum absolute atomic E-state index is 12.8. The number of carbonyl (C=O) groups excluding carboxylic acids is 1. The van der Waals surface area contributed by atoms with Crippen molar-refractivity contribution in [3.8, 4) is 0 Å². The van der Waals surface area contributed by atoms with Crippen LogP contribution in [0.3, 0.4) is 0 Å². The topological polar surface area (TPSA) is 58.4 Å². The second-order valence-electron chi connectivity index (χ2n) is 5.61. The summed E-state index contributed by atoms with van der Waals surface area (Å²) >= 11 is 0. The number of hydrogen-bond donors (Lipinski definition) is 2. The van der Waals surface area contributed by atoms with Gasteiger partial charge in [0.25, 0.3) is 5.91 Å². The molecule has 0 bridgehead atoms. The van der Waals surface area contributed by atoms with Crippen molar-refractivity contribution in [3.05, 3.63) is 29.3 Å². The van der Waals surface area contributed by atoms with Crippen molar-refractivity contribution >= 4 is 11.6 Å². The molecule has 3 N–H and O–H groups in total. The molecular formula is C16H25N3O. The smallest absolute Gasteiger partial charge is 0.254 e. The monoisotopic (exact) mass is 275 g/mol. The second-order valence-corrected chi connectivity index (χ2v) is 5.61. The van der Waals surface area contributed by atoms with Gasteiger partial charge in [-0.25, -0.2) is 0 Å². The molecule has 1 aromatic rings. The van der Waals surface area contributed by atoms with E-state index in [9.17, 15) is 4.79 Å². The second kappa shape index (κ2) is 6.75. The molecule has 1 amide bonds. The van der Waals surface area contributed by atoms with Gasteiger partial charge in [-0.2, -0.15) is 0 Å². The average molecular weight is 275 g/mol. The van der Waals surface area contributed by atoms with Gasteiger partial charge in [-0.15, -0.1) is 0 Å².